The maximum absolute atomic E-state index is 12.3. The first-order chi connectivity index (χ1) is 11.7. The topological polar surface area (TPSA) is 75.9 Å². The Labute approximate surface area is 142 Å². The lowest BCUT2D eigenvalue weighted by Gasteiger charge is -2.32. The molecule has 2 aromatic heterocycles. The normalized spacial score (nSPS) is 15.5. The Kier molecular flexibility index (Phi) is 5.40. The number of aryl methyl sites for hydroxylation is 2. The van der Waals surface area contributed by atoms with E-state index in [4.69, 9.17) is 0 Å². The molecule has 0 spiro atoms. The van der Waals surface area contributed by atoms with E-state index in [1.165, 1.54) is 0 Å². The minimum Gasteiger partial charge on any atom is -0.366 e. The maximum Gasteiger partial charge on any atom is 0.222 e. The minimum absolute atomic E-state index is 0.246. The summed E-state index contributed by atoms with van der Waals surface area (Å²) in [5, 5.41) is 15.8. The highest BCUT2D eigenvalue weighted by molar-refractivity contribution is 5.76. The van der Waals surface area contributed by atoms with Crippen molar-refractivity contribution in [3.63, 3.8) is 0 Å². The Bertz CT molecular complexity index is 632. The van der Waals surface area contributed by atoms with Gasteiger partial charge >= 0.3 is 0 Å². The minimum atomic E-state index is 0.246. The lowest BCUT2D eigenvalue weighted by Crippen LogP contribution is -2.42. The number of aromatic nitrogens is 4. The van der Waals surface area contributed by atoms with Crippen LogP contribution in [-0.4, -0.2) is 49.9 Å². The number of likely N-dealkylation sites (tertiary alicyclic amines) is 1. The van der Waals surface area contributed by atoms with Crippen LogP contribution in [0.15, 0.2) is 30.6 Å². The predicted octanol–water partition coefficient (Wildman–Crippen LogP) is 1.86. The van der Waals surface area contributed by atoms with Gasteiger partial charge in [-0.15, -0.1) is 5.10 Å². The maximum atomic E-state index is 12.3. The fourth-order valence-corrected chi connectivity index (χ4v) is 2.94. The molecule has 0 saturated carbocycles. The van der Waals surface area contributed by atoms with Gasteiger partial charge in [0.2, 0.25) is 5.91 Å². The second kappa shape index (κ2) is 7.90. The van der Waals surface area contributed by atoms with E-state index < -0.39 is 0 Å². The van der Waals surface area contributed by atoms with Gasteiger partial charge in [0.1, 0.15) is 5.82 Å². The van der Waals surface area contributed by atoms with Gasteiger partial charge in [-0.2, -0.15) is 10.2 Å². The largest absolute Gasteiger partial charge is 0.366 e. The van der Waals surface area contributed by atoms with E-state index in [0.717, 1.165) is 50.4 Å². The summed E-state index contributed by atoms with van der Waals surface area (Å²) in [5.41, 5.74) is 0.913. The first-order valence-corrected chi connectivity index (χ1v) is 8.53. The summed E-state index contributed by atoms with van der Waals surface area (Å²) < 4.78 is 1.87. The van der Waals surface area contributed by atoms with Crippen molar-refractivity contribution in [2.75, 3.05) is 18.4 Å². The van der Waals surface area contributed by atoms with Gasteiger partial charge in [0, 0.05) is 44.5 Å². The van der Waals surface area contributed by atoms with Gasteiger partial charge < -0.3 is 10.2 Å². The molecule has 1 aliphatic heterocycles. The van der Waals surface area contributed by atoms with Crippen LogP contribution in [0, 0.1) is 6.92 Å². The van der Waals surface area contributed by atoms with Gasteiger partial charge in [0.25, 0.3) is 0 Å². The van der Waals surface area contributed by atoms with Crippen LogP contribution in [0.25, 0.3) is 0 Å². The Hall–Kier alpha value is -2.44. The lowest BCUT2D eigenvalue weighted by atomic mass is 10.0. The summed E-state index contributed by atoms with van der Waals surface area (Å²) in [5.74, 6) is 1.06. The number of carbonyl (C=O) groups is 1. The van der Waals surface area contributed by atoms with Crippen molar-refractivity contribution < 1.29 is 4.79 Å². The Morgan fingerprint density at radius 1 is 1.29 bits per heavy atom. The van der Waals surface area contributed by atoms with E-state index in [1.54, 1.807) is 6.20 Å². The summed E-state index contributed by atoms with van der Waals surface area (Å²) in [4.78, 5) is 14.3. The average molecular weight is 328 g/mol. The van der Waals surface area contributed by atoms with Crippen molar-refractivity contribution in [1.82, 2.24) is 24.9 Å². The fraction of sp³-hybridized carbons (Fsp3) is 0.529. The zero-order valence-corrected chi connectivity index (χ0v) is 14.1. The number of rotatable bonds is 6. The number of nitrogens with one attached hydrogen (secondary N) is 1. The molecule has 0 atom stereocenters. The molecule has 1 saturated heterocycles. The molecule has 1 amide bonds. The molecule has 0 unspecified atom stereocenters. The Morgan fingerprint density at radius 2 is 2.12 bits per heavy atom. The van der Waals surface area contributed by atoms with Crippen LogP contribution in [-0.2, 0) is 11.3 Å². The number of amides is 1. The third-order valence-electron chi connectivity index (χ3n) is 4.33. The van der Waals surface area contributed by atoms with Crippen molar-refractivity contribution in [1.29, 1.82) is 0 Å². The molecule has 0 aromatic carbocycles. The predicted molar refractivity (Wildman–Crippen MR) is 91.5 cm³/mol. The summed E-state index contributed by atoms with van der Waals surface area (Å²) in [7, 11) is 0. The summed E-state index contributed by atoms with van der Waals surface area (Å²) >= 11 is 0. The molecule has 7 nitrogen and oxygen atoms in total. The fourth-order valence-electron chi connectivity index (χ4n) is 2.94. The number of anilines is 1. The monoisotopic (exact) mass is 328 g/mol. The molecule has 0 bridgehead atoms. The van der Waals surface area contributed by atoms with Crippen LogP contribution in [0.4, 0.5) is 5.82 Å². The van der Waals surface area contributed by atoms with Crippen LogP contribution in [0.2, 0.25) is 0 Å². The summed E-state index contributed by atoms with van der Waals surface area (Å²) in [6.07, 6.45) is 6.99. The third kappa shape index (κ3) is 4.53. The quantitative estimate of drug-likeness (QED) is 0.876. The van der Waals surface area contributed by atoms with E-state index in [-0.39, 0.29) is 5.91 Å². The molecule has 0 radical (unpaired) electrons. The number of piperidine rings is 1. The highest BCUT2D eigenvalue weighted by Gasteiger charge is 2.22. The van der Waals surface area contributed by atoms with E-state index in [2.05, 4.69) is 20.6 Å². The molecule has 1 N–H and O–H groups in total. The van der Waals surface area contributed by atoms with Crippen LogP contribution < -0.4 is 5.32 Å². The molecule has 2 aromatic rings. The molecular weight excluding hydrogens is 304 g/mol. The number of nitrogens with zero attached hydrogens (tertiary/aromatic N) is 5. The van der Waals surface area contributed by atoms with E-state index >= 15 is 0 Å². The second-order valence-corrected chi connectivity index (χ2v) is 6.23. The lowest BCUT2D eigenvalue weighted by molar-refractivity contribution is -0.132. The first kappa shape index (κ1) is 16.4. The van der Waals surface area contributed by atoms with Crippen LogP contribution in [0.5, 0.6) is 0 Å². The molecule has 1 fully saturated rings. The molecular formula is C17H24N6O. The van der Waals surface area contributed by atoms with E-state index in [1.807, 2.05) is 40.9 Å². The molecule has 0 aliphatic carbocycles. The van der Waals surface area contributed by atoms with Crippen molar-refractivity contribution in [2.24, 2.45) is 0 Å². The first-order valence-electron chi connectivity index (χ1n) is 8.53. The SMILES string of the molecule is Cc1ccc(NC2CCN(C(=O)CCCn3cccn3)CC2)nn1. The van der Waals surface area contributed by atoms with Crippen LogP contribution in [0.3, 0.4) is 0 Å². The average Bonchev–Trinajstić information content (AvgIpc) is 3.11. The summed E-state index contributed by atoms with van der Waals surface area (Å²) in [6.45, 7) is 4.32. The van der Waals surface area contributed by atoms with Crippen LogP contribution in [0.1, 0.15) is 31.4 Å². The molecule has 3 heterocycles. The van der Waals surface area contributed by atoms with Gasteiger partial charge in [-0.25, -0.2) is 0 Å². The Morgan fingerprint density at radius 3 is 2.79 bits per heavy atom. The van der Waals surface area contributed by atoms with E-state index in [9.17, 15) is 4.79 Å². The second-order valence-electron chi connectivity index (χ2n) is 6.23. The molecule has 24 heavy (non-hydrogen) atoms. The number of carbonyl (C=O) groups excluding carboxylic acids is 1. The van der Waals surface area contributed by atoms with Crippen LogP contribution >= 0.6 is 0 Å². The third-order valence-corrected chi connectivity index (χ3v) is 4.33. The molecule has 7 heteroatoms. The van der Waals surface area contributed by atoms with Gasteiger partial charge in [-0.3, -0.25) is 9.48 Å². The van der Waals surface area contributed by atoms with Crippen molar-refractivity contribution in [3.8, 4) is 0 Å². The Balaban J connectivity index is 1.38. The van der Waals surface area contributed by atoms with Crippen molar-refractivity contribution in [3.05, 3.63) is 36.3 Å². The van der Waals surface area contributed by atoms with Crippen molar-refractivity contribution in [2.45, 2.75) is 45.2 Å². The van der Waals surface area contributed by atoms with Crippen molar-refractivity contribution >= 4 is 11.7 Å². The molecule has 1 aliphatic rings. The van der Waals surface area contributed by atoms with Gasteiger partial charge in [-0.05, 0) is 44.4 Å². The van der Waals surface area contributed by atoms with Gasteiger partial charge in [0.05, 0.1) is 5.69 Å². The zero-order valence-electron chi connectivity index (χ0n) is 14.1. The highest BCUT2D eigenvalue weighted by Crippen LogP contribution is 2.16. The van der Waals surface area contributed by atoms with E-state index in [0.29, 0.717) is 12.5 Å². The zero-order chi connectivity index (χ0) is 16.8. The highest BCUT2D eigenvalue weighted by atomic mass is 16.2. The molecule has 128 valence electrons. The van der Waals surface area contributed by atoms with Gasteiger partial charge in [-0.1, -0.05) is 0 Å². The summed E-state index contributed by atoms with van der Waals surface area (Å²) in [6, 6.07) is 6.16. The number of hydrogen-bond acceptors (Lipinski definition) is 5. The molecule has 3 rings (SSSR count). The number of hydrogen-bond donors (Lipinski definition) is 1. The standard InChI is InChI=1S/C17H24N6O/c1-14-5-6-16(21-20-14)19-15-7-12-22(13-8-15)17(24)4-2-10-23-11-3-9-18-23/h3,5-6,9,11,15H,2,4,7-8,10,12-13H2,1H3,(H,19,21). The van der Waals surface area contributed by atoms with Gasteiger partial charge in [0.15, 0.2) is 0 Å². The smallest absolute Gasteiger partial charge is 0.222 e.